The Hall–Kier alpha value is -2.21. The average Bonchev–Trinajstić information content (AvgIpc) is 3.08. The quantitative estimate of drug-likeness (QED) is 0.899. The molecule has 1 atom stereocenters. The van der Waals surface area contributed by atoms with E-state index in [-0.39, 0.29) is 10.6 Å². The second-order valence-electron chi connectivity index (χ2n) is 5.98. The Bertz CT molecular complexity index is 777. The number of benzene rings is 1. The number of anilines is 2. The van der Waals surface area contributed by atoms with Crippen LogP contribution in [-0.2, 0) is 7.05 Å². The van der Waals surface area contributed by atoms with Gasteiger partial charge in [0.1, 0.15) is 10.8 Å². The van der Waals surface area contributed by atoms with E-state index in [4.69, 9.17) is 16.3 Å². The van der Waals surface area contributed by atoms with E-state index in [1.54, 1.807) is 20.4 Å². The van der Waals surface area contributed by atoms with Crippen molar-refractivity contribution in [1.82, 2.24) is 9.78 Å². The molecule has 6 nitrogen and oxygen atoms in total. The highest BCUT2D eigenvalue weighted by Gasteiger charge is 2.23. The first kappa shape index (κ1) is 16.6. The molecule has 1 fully saturated rings. The molecule has 0 bridgehead atoms. The van der Waals surface area contributed by atoms with Crippen molar-refractivity contribution in [2.24, 2.45) is 13.0 Å². The Balaban J connectivity index is 1.60. The molecule has 0 saturated carbocycles. The Morgan fingerprint density at radius 2 is 2.29 bits per heavy atom. The largest absolute Gasteiger partial charge is 0.497 e. The highest BCUT2D eigenvalue weighted by molar-refractivity contribution is 6.32. The maximum absolute atomic E-state index is 11.8. The molecule has 7 heteroatoms. The predicted molar refractivity (Wildman–Crippen MR) is 96.3 cm³/mol. The maximum Gasteiger partial charge on any atom is 0.287 e. The first-order valence-electron chi connectivity index (χ1n) is 7.93. The zero-order valence-electron chi connectivity index (χ0n) is 13.8. The minimum atomic E-state index is -0.286. The average molecular weight is 349 g/mol. The molecule has 2 heterocycles. The van der Waals surface area contributed by atoms with Gasteiger partial charge in [0, 0.05) is 38.4 Å². The molecule has 0 radical (unpaired) electrons. The number of nitrogens with one attached hydrogen (secondary N) is 1. The Kier molecular flexibility index (Phi) is 4.94. The second-order valence-corrected chi connectivity index (χ2v) is 6.36. The van der Waals surface area contributed by atoms with Gasteiger partial charge in [0.15, 0.2) is 0 Å². The van der Waals surface area contributed by atoms with Crippen molar-refractivity contribution in [2.45, 2.75) is 6.42 Å². The van der Waals surface area contributed by atoms with Crippen molar-refractivity contribution in [3.63, 3.8) is 0 Å². The third kappa shape index (κ3) is 3.48. The van der Waals surface area contributed by atoms with Crippen molar-refractivity contribution in [2.75, 3.05) is 37.0 Å². The third-order valence-electron chi connectivity index (χ3n) is 4.36. The zero-order chi connectivity index (χ0) is 17.1. The van der Waals surface area contributed by atoms with Gasteiger partial charge in [0.25, 0.3) is 5.56 Å². The van der Waals surface area contributed by atoms with E-state index in [2.05, 4.69) is 27.4 Å². The van der Waals surface area contributed by atoms with E-state index in [0.29, 0.717) is 11.6 Å². The first-order valence-corrected chi connectivity index (χ1v) is 8.31. The van der Waals surface area contributed by atoms with Crippen LogP contribution >= 0.6 is 11.6 Å². The van der Waals surface area contributed by atoms with Crippen LogP contribution in [0.1, 0.15) is 6.42 Å². The van der Waals surface area contributed by atoms with Crippen LogP contribution in [-0.4, -0.2) is 36.5 Å². The molecule has 1 saturated heterocycles. The van der Waals surface area contributed by atoms with Gasteiger partial charge in [-0.3, -0.25) is 4.79 Å². The van der Waals surface area contributed by atoms with Crippen LogP contribution in [0.25, 0.3) is 0 Å². The summed E-state index contributed by atoms with van der Waals surface area (Å²) in [5, 5.41) is 7.45. The standard InChI is InChI=1S/C17H21ClN4O2/c1-21-17(23)16(18)15(10-20-21)19-9-12-6-7-22(11-12)13-4-3-5-14(8-13)24-2/h3-5,8,10,12,19H,6-7,9,11H2,1-2H3/t12-/m1/s1. The van der Waals surface area contributed by atoms with Gasteiger partial charge < -0.3 is 15.0 Å². The molecule has 24 heavy (non-hydrogen) atoms. The van der Waals surface area contributed by atoms with Gasteiger partial charge >= 0.3 is 0 Å². The molecule has 0 spiro atoms. The predicted octanol–water partition coefficient (Wildman–Crippen LogP) is 2.38. The Morgan fingerprint density at radius 3 is 3.08 bits per heavy atom. The monoisotopic (exact) mass is 348 g/mol. The minimum Gasteiger partial charge on any atom is -0.497 e. The number of aryl methyl sites for hydroxylation is 1. The number of halogens is 1. The zero-order valence-corrected chi connectivity index (χ0v) is 14.6. The smallest absolute Gasteiger partial charge is 0.287 e. The topological polar surface area (TPSA) is 59.4 Å². The normalized spacial score (nSPS) is 17.1. The van der Waals surface area contributed by atoms with E-state index < -0.39 is 0 Å². The lowest BCUT2D eigenvalue weighted by Gasteiger charge is -2.19. The fourth-order valence-corrected chi connectivity index (χ4v) is 3.17. The Morgan fingerprint density at radius 1 is 1.46 bits per heavy atom. The summed E-state index contributed by atoms with van der Waals surface area (Å²) in [5.41, 5.74) is 1.48. The lowest BCUT2D eigenvalue weighted by Crippen LogP contribution is -2.24. The summed E-state index contributed by atoms with van der Waals surface area (Å²) < 4.78 is 6.52. The molecule has 1 aromatic carbocycles. The van der Waals surface area contributed by atoms with Crippen LogP contribution in [0.4, 0.5) is 11.4 Å². The molecular weight excluding hydrogens is 328 g/mol. The lowest BCUT2D eigenvalue weighted by atomic mass is 10.1. The summed E-state index contributed by atoms with van der Waals surface area (Å²) in [7, 11) is 3.26. The van der Waals surface area contributed by atoms with Crippen LogP contribution < -0.4 is 20.5 Å². The number of rotatable bonds is 5. The van der Waals surface area contributed by atoms with Gasteiger partial charge in [-0.2, -0.15) is 5.10 Å². The SMILES string of the molecule is COc1cccc(N2CC[C@H](CNc3cnn(C)c(=O)c3Cl)C2)c1. The molecule has 1 aliphatic rings. The van der Waals surface area contributed by atoms with Crippen molar-refractivity contribution < 1.29 is 4.74 Å². The molecule has 2 aromatic rings. The summed E-state index contributed by atoms with van der Waals surface area (Å²) in [4.78, 5) is 14.1. The number of aromatic nitrogens is 2. The highest BCUT2D eigenvalue weighted by atomic mass is 35.5. The van der Waals surface area contributed by atoms with Gasteiger partial charge in [-0.05, 0) is 24.5 Å². The van der Waals surface area contributed by atoms with Gasteiger partial charge in [-0.1, -0.05) is 17.7 Å². The van der Waals surface area contributed by atoms with Crippen LogP contribution in [0, 0.1) is 5.92 Å². The van der Waals surface area contributed by atoms with Crippen molar-refractivity contribution >= 4 is 23.0 Å². The maximum atomic E-state index is 11.8. The van der Waals surface area contributed by atoms with Gasteiger partial charge in [0.05, 0.1) is 19.0 Å². The lowest BCUT2D eigenvalue weighted by molar-refractivity contribution is 0.415. The van der Waals surface area contributed by atoms with Gasteiger partial charge in [-0.25, -0.2) is 4.68 Å². The molecule has 0 unspecified atom stereocenters. The van der Waals surface area contributed by atoms with E-state index in [1.807, 2.05) is 12.1 Å². The summed E-state index contributed by atoms with van der Waals surface area (Å²) in [6.07, 6.45) is 2.68. The van der Waals surface area contributed by atoms with E-state index >= 15 is 0 Å². The van der Waals surface area contributed by atoms with Crippen molar-refractivity contribution in [1.29, 1.82) is 0 Å². The van der Waals surface area contributed by atoms with Crippen molar-refractivity contribution in [3.05, 3.63) is 45.8 Å². The summed E-state index contributed by atoms with van der Waals surface area (Å²) in [6, 6.07) is 8.10. The summed E-state index contributed by atoms with van der Waals surface area (Å²) >= 11 is 6.08. The van der Waals surface area contributed by atoms with Crippen LogP contribution in [0.3, 0.4) is 0 Å². The number of ether oxygens (including phenoxy) is 1. The highest BCUT2D eigenvalue weighted by Crippen LogP contribution is 2.27. The van der Waals surface area contributed by atoms with E-state index in [9.17, 15) is 4.79 Å². The number of hydrogen-bond acceptors (Lipinski definition) is 5. The fourth-order valence-electron chi connectivity index (χ4n) is 2.93. The number of methoxy groups -OCH3 is 1. The molecule has 1 aromatic heterocycles. The van der Waals surface area contributed by atoms with Crippen LogP contribution in [0.15, 0.2) is 35.3 Å². The van der Waals surface area contributed by atoms with Gasteiger partial charge in [-0.15, -0.1) is 0 Å². The minimum absolute atomic E-state index is 0.190. The van der Waals surface area contributed by atoms with Gasteiger partial charge in [0.2, 0.25) is 0 Å². The summed E-state index contributed by atoms with van der Waals surface area (Å²) in [5.74, 6) is 1.35. The Labute approximate surface area is 146 Å². The molecule has 1 aliphatic heterocycles. The van der Waals surface area contributed by atoms with Crippen LogP contribution in [0.2, 0.25) is 5.02 Å². The van der Waals surface area contributed by atoms with E-state index in [1.165, 1.54) is 10.4 Å². The summed E-state index contributed by atoms with van der Waals surface area (Å²) in [6.45, 7) is 2.72. The molecule has 1 N–H and O–H groups in total. The van der Waals surface area contributed by atoms with E-state index in [0.717, 1.165) is 31.8 Å². The number of hydrogen-bond donors (Lipinski definition) is 1. The third-order valence-corrected chi connectivity index (χ3v) is 4.73. The molecule has 3 rings (SSSR count). The van der Waals surface area contributed by atoms with Crippen molar-refractivity contribution in [3.8, 4) is 5.75 Å². The molecule has 0 amide bonds. The molecule has 0 aliphatic carbocycles. The second kappa shape index (κ2) is 7.13. The first-order chi connectivity index (χ1) is 11.6. The molecular formula is C17H21ClN4O2. The number of nitrogens with zero attached hydrogens (tertiary/aromatic N) is 3. The van der Waals surface area contributed by atoms with Crippen LogP contribution in [0.5, 0.6) is 5.75 Å². The molecule has 128 valence electrons. The fraction of sp³-hybridized carbons (Fsp3) is 0.412.